The fourth-order valence-electron chi connectivity index (χ4n) is 3.14. The smallest absolute Gasteiger partial charge is 0.335 e. The molecule has 3 rings (SSSR count). The monoisotopic (exact) mass is 364 g/mol. The minimum Gasteiger partial charge on any atom is -0.368 e. The van der Waals surface area contributed by atoms with Gasteiger partial charge in [-0.15, -0.1) is 0 Å². The summed E-state index contributed by atoms with van der Waals surface area (Å²) in [5, 5.41) is 0.707. The number of piperazine rings is 1. The van der Waals surface area contributed by atoms with Crippen LogP contribution in [-0.4, -0.2) is 71.4 Å². The highest BCUT2D eigenvalue weighted by atomic mass is 35.5. The van der Waals surface area contributed by atoms with Crippen molar-refractivity contribution >= 4 is 35.1 Å². The highest BCUT2D eigenvalue weighted by Crippen LogP contribution is 2.26. The van der Waals surface area contributed by atoms with E-state index in [1.165, 1.54) is 0 Å². The second-order valence-electron chi connectivity index (χ2n) is 6.48. The number of para-hydroxylation sites is 1. The summed E-state index contributed by atoms with van der Waals surface area (Å²) in [6.07, 6.45) is 0. The van der Waals surface area contributed by atoms with Crippen LogP contribution in [-0.2, 0) is 9.59 Å². The van der Waals surface area contributed by atoms with Gasteiger partial charge in [-0.2, -0.15) is 0 Å². The van der Waals surface area contributed by atoms with Crippen molar-refractivity contribution in [1.29, 1.82) is 0 Å². The summed E-state index contributed by atoms with van der Waals surface area (Å²) < 4.78 is 0. The molecule has 0 spiro atoms. The van der Waals surface area contributed by atoms with Gasteiger partial charge in [0, 0.05) is 32.2 Å². The molecule has 0 unspecified atom stereocenters. The van der Waals surface area contributed by atoms with Crippen LogP contribution in [0.4, 0.5) is 10.5 Å². The molecule has 2 aliphatic heterocycles. The highest BCUT2D eigenvalue weighted by Gasteiger charge is 2.46. The Morgan fingerprint density at radius 2 is 1.64 bits per heavy atom. The fourth-order valence-corrected chi connectivity index (χ4v) is 3.40. The number of carbonyl (C=O) groups is 3. The van der Waals surface area contributed by atoms with Crippen LogP contribution in [0.25, 0.3) is 0 Å². The third-order valence-corrected chi connectivity index (χ3v) is 4.83. The Labute approximate surface area is 151 Å². The Morgan fingerprint density at radius 1 is 1.00 bits per heavy atom. The van der Waals surface area contributed by atoms with Crippen LogP contribution in [0.3, 0.4) is 0 Å². The van der Waals surface area contributed by atoms with Crippen molar-refractivity contribution in [3.8, 4) is 0 Å². The molecule has 1 aromatic rings. The molecular formula is C17H21ClN4O3. The number of nitrogens with zero attached hydrogens (tertiary/aromatic N) is 4. The lowest BCUT2D eigenvalue weighted by Crippen LogP contribution is -2.51. The predicted octanol–water partition coefficient (Wildman–Crippen LogP) is 1.62. The van der Waals surface area contributed by atoms with Gasteiger partial charge in [0.1, 0.15) is 0 Å². The van der Waals surface area contributed by atoms with Crippen molar-refractivity contribution in [3.63, 3.8) is 0 Å². The minimum absolute atomic E-state index is 0.142. The molecule has 0 aromatic heterocycles. The lowest BCUT2D eigenvalue weighted by molar-refractivity contribution is -0.144. The molecule has 2 fully saturated rings. The van der Waals surface area contributed by atoms with Crippen LogP contribution in [0.15, 0.2) is 24.3 Å². The number of imide groups is 2. The maximum Gasteiger partial charge on any atom is 0.335 e. The van der Waals surface area contributed by atoms with Crippen molar-refractivity contribution in [2.45, 2.75) is 19.9 Å². The van der Waals surface area contributed by atoms with E-state index in [1.807, 2.05) is 29.2 Å². The SMILES string of the molecule is CC(C)N1C(=O)C(=O)N(CN2CCN(c3ccccc3Cl)CC2)C1=O. The normalized spacial score (nSPS) is 19.5. The van der Waals surface area contributed by atoms with Crippen LogP contribution in [0.5, 0.6) is 0 Å². The van der Waals surface area contributed by atoms with E-state index in [2.05, 4.69) is 4.90 Å². The lowest BCUT2D eigenvalue weighted by Gasteiger charge is -2.37. The van der Waals surface area contributed by atoms with Crippen molar-refractivity contribution in [2.75, 3.05) is 37.7 Å². The molecule has 0 bridgehead atoms. The Hall–Kier alpha value is -2.12. The van der Waals surface area contributed by atoms with E-state index in [0.717, 1.165) is 28.6 Å². The highest BCUT2D eigenvalue weighted by molar-refractivity contribution is 6.44. The van der Waals surface area contributed by atoms with Crippen LogP contribution >= 0.6 is 11.6 Å². The van der Waals surface area contributed by atoms with E-state index in [0.29, 0.717) is 18.1 Å². The van der Waals surface area contributed by atoms with Gasteiger partial charge in [-0.1, -0.05) is 23.7 Å². The molecule has 8 heteroatoms. The number of hydrogen-bond acceptors (Lipinski definition) is 5. The maximum atomic E-state index is 12.3. The minimum atomic E-state index is -0.743. The standard InChI is InChI=1S/C17H21ClN4O3/c1-12(2)22-16(24)15(23)21(17(22)25)11-19-7-9-20(10-8-19)14-6-4-3-5-13(14)18/h3-6,12H,7-11H2,1-2H3. The van der Waals surface area contributed by atoms with Gasteiger partial charge in [0.25, 0.3) is 0 Å². The third kappa shape index (κ3) is 3.34. The number of anilines is 1. The van der Waals surface area contributed by atoms with Gasteiger partial charge in [0.2, 0.25) is 0 Å². The van der Waals surface area contributed by atoms with Crippen molar-refractivity contribution in [1.82, 2.24) is 14.7 Å². The first-order valence-electron chi connectivity index (χ1n) is 8.31. The maximum absolute atomic E-state index is 12.3. The summed E-state index contributed by atoms with van der Waals surface area (Å²) in [5.74, 6) is -1.48. The number of hydrogen-bond donors (Lipinski definition) is 0. The molecule has 25 heavy (non-hydrogen) atoms. The number of halogens is 1. The van der Waals surface area contributed by atoms with E-state index < -0.39 is 17.8 Å². The van der Waals surface area contributed by atoms with Gasteiger partial charge >= 0.3 is 17.8 Å². The molecule has 4 amide bonds. The van der Waals surface area contributed by atoms with Crippen molar-refractivity contribution in [3.05, 3.63) is 29.3 Å². The van der Waals surface area contributed by atoms with Gasteiger partial charge in [0.05, 0.1) is 17.4 Å². The van der Waals surface area contributed by atoms with Crippen LogP contribution in [0, 0.1) is 0 Å². The molecule has 0 atom stereocenters. The number of benzene rings is 1. The molecule has 1 aromatic carbocycles. The van der Waals surface area contributed by atoms with Crippen LogP contribution in [0.2, 0.25) is 5.02 Å². The van der Waals surface area contributed by atoms with Crippen molar-refractivity contribution in [2.24, 2.45) is 0 Å². The van der Waals surface area contributed by atoms with E-state index in [4.69, 9.17) is 11.6 Å². The average Bonchev–Trinajstić information content (AvgIpc) is 2.80. The molecule has 7 nitrogen and oxygen atoms in total. The number of rotatable bonds is 4. The molecule has 0 aliphatic carbocycles. The first-order valence-corrected chi connectivity index (χ1v) is 8.68. The average molecular weight is 365 g/mol. The first-order chi connectivity index (χ1) is 11.9. The first kappa shape index (κ1) is 17.7. The summed E-state index contributed by atoms with van der Waals surface area (Å²) in [7, 11) is 0. The Balaban J connectivity index is 1.61. The Kier molecular flexibility index (Phi) is 4.96. The van der Waals surface area contributed by atoms with Crippen LogP contribution < -0.4 is 4.90 Å². The number of carbonyl (C=O) groups excluding carboxylic acids is 3. The summed E-state index contributed by atoms with van der Waals surface area (Å²) in [5.41, 5.74) is 0.985. The second-order valence-corrected chi connectivity index (χ2v) is 6.89. The fraction of sp³-hybridized carbons (Fsp3) is 0.471. The van der Waals surface area contributed by atoms with Gasteiger partial charge in [-0.3, -0.25) is 19.4 Å². The molecule has 0 N–H and O–H groups in total. The largest absolute Gasteiger partial charge is 0.368 e. The summed E-state index contributed by atoms with van der Waals surface area (Å²) in [4.78, 5) is 42.6. The van der Waals surface area contributed by atoms with Crippen LogP contribution in [0.1, 0.15) is 13.8 Å². The van der Waals surface area contributed by atoms with Gasteiger partial charge in [-0.05, 0) is 26.0 Å². The predicted molar refractivity (Wildman–Crippen MR) is 94.3 cm³/mol. The number of urea groups is 1. The zero-order valence-electron chi connectivity index (χ0n) is 14.3. The second kappa shape index (κ2) is 7.01. The molecular weight excluding hydrogens is 344 g/mol. The van der Waals surface area contributed by atoms with Gasteiger partial charge < -0.3 is 4.90 Å². The molecule has 134 valence electrons. The summed E-state index contributed by atoms with van der Waals surface area (Å²) in [6, 6.07) is 6.82. The third-order valence-electron chi connectivity index (χ3n) is 4.51. The quantitative estimate of drug-likeness (QED) is 0.600. The topological polar surface area (TPSA) is 64.2 Å². The van der Waals surface area contributed by atoms with E-state index in [9.17, 15) is 14.4 Å². The summed E-state index contributed by atoms with van der Waals surface area (Å²) >= 11 is 6.24. The van der Waals surface area contributed by atoms with E-state index >= 15 is 0 Å². The molecule has 2 aliphatic rings. The zero-order chi connectivity index (χ0) is 18.1. The Morgan fingerprint density at radius 3 is 2.20 bits per heavy atom. The zero-order valence-corrected chi connectivity index (χ0v) is 15.1. The summed E-state index contributed by atoms with van der Waals surface area (Å²) in [6.45, 7) is 6.41. The van der Waals surface area contributed by atoms with E-state index in [1.54, 1.807) is 13.8 Å². The number of amides is 4. The Bertz CT molecular complexity index is 701. The molecule has 0 radical (unpaired) electrons. The van der Waals surface area contributed by atoms with E-state index in [-0.39, 0.29) is 12.7 Å². The van der Waals surface area contributed by atoms with Gasteiger partial charge in [-0.25, -0.2) is 9.69 Å². The lowest BCUT2D eigenvalue weighted by atomic mass is 10.2. The van der Waals surface area contributed by atoms with Gasteiger partial charge in [0.15, 0.2) is 0 Å². The molecule has 0 saturated carbocycles. The molecule has 2 heterocycles. The molecule has 2 saturated heterocycles. The van der Waals surface area contributed by atoms with Crippen molar-refractivity contribution < 1.29 is 14.4 Å².